The molecule has 2 heterocycles. The van der Waals surface area contributed by atoms with Crippen molar-refractivity contribution in [1.29, 1.82) is 16.2 Å². The third-order valence-electron chi connectivity index (χ3n) is 17.7. The van der Waals surface area contributed by atoms with E-state index in [-0.39, 0.29) is 102 Å². The molecule has 642 valence electrons. The van der Waals surface area contributed by atoms with E-state index < -0.39 is 236 Å². The van der Waals surface area contributed by atoms with Gasteiger partial charge in [-0.3, -0.25) is 88.1 Å². The number of nitrogens with two attached hydrogens (primary N) is 7. The van der Waals surface area contributed by atoms with Gasteiger partial charge in [-0.15, -0.1) is 0 Å². The van der Waals surface area contributed by atoms with Crippen LogP contribution in [-0.4, -0.2) is 260 Å². The fourth-order valence-electron chi connectivity index (χ4n) is 11.3. The van der Waals surface area contributed by atoms with E-state index in [9.17, 15) is 87.2 Å². The minimum Gasteiger partial charge on any atom is -0.481 e. The zero-order chi connectivity index (χ0) is 86.7. The summed E-state index contributed by atoms with van der Waals surface area (Å²) >= 11 is 4.10. The molecule has 47 nitrogen and oxygen atoms in total. The summed E-state index contributed by atoms with van der Waals surface area (Å²) in [5.41, 5.74) is 39.9. The molecule has 0 aliphatic rings. The fraction of sp³-hybridized carbons (Fsp3) is 0.559. The van der Waals surface area contributed by atoms with Crippen LogP contribution in [0.2, 0.25) is 0 Å². The summed E-state index contributed by atoms with van der Waals surface area (Å²) in [5.74, 6) is -20.7. The minimum atomic E-state index is -2.04. The number of carboxylic acids is 2. The van der Waals surface area contributed by atoms with E-state index in [0.717, 1.165) is 0 Å². The monoisotopic (exact) mass is 1650 g/mol. The zero-order valence-corrected chi connectivity index (χ0v) is 65.0. The van der Waals surface area contributed by atoms with E-state index in [1.165, 1.54) is 18.7 Å². The average Bonchev–Trinajstić information content (AvgIpc) is 1.63. The van der Waals surface area contributed by atoms with Crippen molar-refractivity contribution in [1.82, 2.24) is 94.7 Å². The SMILES string of the molecule is CC[C@H](C)[C@H](NC(=O)CNC(=O)[C@@H](N)CCCNC(=N)N)C(=O)N[C@@H](CC(=O)O)C(=O)N[C@@H](CCCCN)C(=O)N[C@@H](CCCNC(=N)N)C(=O)N[C@@H](Cc1cnc[nH]1)C(=O)N[C@@H](Cc1c[nH]c2ccccc12)C(=O)N[C@@H](CC(N)=O)C(=O)N[C@@H](CO)C(=O)N[C@@H](CCC(N)=O)C(=O)N[C@@H](CS)C(=O)N[C@@H](CCCNC(=N)N)C(=O)O. The summed E-state index contributed by atoms with van der Waals surface area (Å²) in [5, 5.41) is 89.5. The van der Waals surface area contributed by atoms with Gasteiger partial charge in [0.05, 0.1) is 38.4 Å². The molecule has 0 bridgehead atoms. The number of unbranched alkanes of at least 4 members (excludes halogenated alkanes) is 1. The number of hydrogen-bond donors (Lipinski definition) is 31. The van der Waals surface area contributed by atoms with Crippen molar-refractivity contribution in [2.24, 2.45) is 46.1 Å². The standard InChI is InChI=1S/C68H110N28O19S/c1-3-33(2)53(96-51(100)29-84-54(103)37(70)12-8-20-80-66(73)74)64(113)93-46(26-52(101)102)61(110)87-39(14-6-7-19-69)55(104)86-40(15-9-21-81-67(75)76)56(105)91-44(24-35-28-79-32-85-35)59(108)90-43(23-34-27-83-38-13-5-4-11-36(34)38)58(107)92-45(25-50(72)99)60(109)94-47(30-97)62(111)88-41(17-18-49(71)98)57(106)95-48(31-116)63(112)89-42(65(114)115)16-10-22-82-68(77)78/h4-5,11,13,27-28,32-33,37,39-48,53,83,97,116H,3,6-10,12,14-26,29-31,69-70H2,1-2H3,(H2,71,98)(H2,72,99)(H,79,85)(H,84,103)(H,86,104)(H,87,110)(H,88,111)(H,89,112)(H,90,108)(H,91,105)(H,92,107)(H,93,113)(H,94,109)(H,95,106)(H,96,100)(H,101,102)(H,114,115)(H4,73,74,80)(H4,75,76,81)(H4,77,78,82)/t33-,37-,39-,40-,41-,42-,43-,44-,45-,46-,47-,48-,53-/m0/s1. The number of carbonyl (C=O) groups is 16. The number of benzene rings is 1. The number of H-pyrrole nitrogens is 2. The summed E-state index contributed by atoms with van der Waals surface area (Å²) in [6, 6.07) is -13.4. The number of amides is 14. The first-order valence-electron chi connectivity index (χ1n) is 37.0. The number of imidazole rings is 1. The number of thiol groups is 1. The molecule has 0 radical (unpaired) electrons. The number of primary amides is 2. The molecular weight excluding hydrogens is 1540 g/mol. The zero-order valence-electron chi connectivity index (χ0n) is 64.1. The van der Waals surface area contributed by atoms with Gasteiger partial charge < -0.3 is 145 Å². The molecule has 0 unspecified atom stereocenters. The Bertz CT molecular complexity index is 3890. The smallest absolute Gasteiger partial charge is 0.326 e. The molecule has 0 saturated carbocycles. The molecule has 0 aliphatic heterocycles. The quantitative estimate of drug-likeness (QED) is 0.0108. The lowest BCUT2D eigenvalue weighted by atomic mass is 9.97. The highest BCUT2D eigenvalue weighted by atomic mass is 32.1. The van der Waals surface area contributed by atoms with E-state index in [4.69, 9.17) is 56.4 Å². The van der Waals surface area contributed by atoms with Gasteiger partial charge >= 0.3 is 11.9 Å². The lowest BCUT2D eigenvalue weighted by molar-refractivity contribution is -0.142. The number of carboxylic acid groups (broad SMARTS) is 2. The van der Waals surface area contributed by atoms with Crippen molar-refractivity contribution in [3.05, 3.63) is 54.2 Å². The van der Waals surface area contributed by atoms with Crippen LogP contribution in [-0.2, 0) is 89.6 Å². The fourth-order valence-corrected chi connectivity index (χ4v) is 11.5. The van der Waals surface area contributed by atoms with Crippen molar-refractivity contribution >= 4 is 136 Å². The number of para-hydroxylation sites is 1. The van der Waals surface area contributed by atoms with E-state index >= 15 is 4.79 Å². The van der Waals surface area contributed by atoms with Crippen molar-refractivity contribution in [3.8, 4) is 0 Å². The van der Waals surface area contributed by atoms with Crippen LogP contribution in [0, 0.1) is 22.1 Å². The molecule has 0 saturated heterocycles. The Morgan fingerprint density at radius 3 is 1.45 bits per heavy atom. The Hall–Kier alpha value is -12.5. The molecule has 0 fully saturated rings. The molecule has 48 heteroatoms. The number of hydrogen-bond acceptors (Lipinski definition) is 24. The topological polar surface area (TPSA) is 812 Å². The van der Waals surface area contributed by atoms with Crippen LogP contribution in [0.3, 0.4) is 0 Å². The summed E-state index contributed by atoms with van der Waals surface area (Å²) in [6.07, 6.45) is 0.540. The number of aliphatic carboxylic acids is 2. The molecule has 13 atom stereocenters. The molecule has 3 rings (SSSR count). The van der Waals surface area contributed by atoms with Gasteiger partial charge in [0.25, 0.3) is 0 Å². The van der Waals surface area contributed by atoms with Crippen LogP contribution < -0.4 is 120 Å². The number of carbonyl (C=O) groups excluding carboxylic acids is 14. The first-order valence-corrected chi connectivity index (χ1v) is 37.6. The Morgan fingerprint density at radius 1 is 0.500 bits per heavy atom. The summed E-state index contributed by atoms with van der Waals surface area (Å²) in [4.78, 5) is 228. The first-order chi connectivity index (χ1) is 54.9. The van der Waals surface area contributed by atoms with Crippen LogP contribution in [0.1, 0.15) is 115 Å². The van der Waals surface area contributed by atoms with E-state index in [0.29, 0.717) is 22.9 Å². The lowest BCUT2D eigenvalue weighted by Crippen LogP contribution is -2.62. The number of guanidine groups is 3. The number of aliphatic hydroxyl groups excluding tert-OH is 1. The second-order valence-electron chi connectivity index (χ2n) is 26.9. The minimum absolute atomic E-state index is 0.0320. The second-order valence-corrected chi connectivity index (χ2v) is 27.3. The highest BCUT2D eigenvalue weighted by Crippen LogP contribution is 2.20. The molecule has 116 heavy (non-hydrogen) atoms. The maximum absolute atomic E-state index is 15.1. The summed E-state index contributed by atoms with van der Waals surface area (Å²) < 4.78 is 0. The van der Waals surface area contributed by atoms with Gasteiger partial charge in [0.15, 0.2) is 17.9 Å². The highest BCUT2D eigenvalue weighted by molar-refractivity contribution is 7.80. The molecule has 0 spiro atoms. The summed E-state index contributed by atoms with van der Waals surface area (Å²) in [7, 11) is 0. The van der Waals surface area contributed by atoms with Crippen LogP contribution in [0.15, 0.2) is 43.0 Å². The maximum atomic E-state index is 15.1. The number of nitrogens with one attached hydrogen (secondary N) is 20. The van der Waals surface area contributed by atoms with E-state index in [2.05, 4.69) is 107 Å². The van der Waals surface area contributed by atoms with Gasteiger partial charge in [0.1, 0.15) is 66.5 Å². The normalized spacial score (nSPS) is 14.3. The molecule has 2 aromatic heterocycles. The molecular formula is C68H110N28O19S. The van der Waals surface area contributed by atoms with Crippen molar-refractivity contribution < 1.29 is 92.0 Å². The molecule has 14 amide bonds. The Morgan fingerprint density at radius 2 is 0.948 bits per heavy atom. The third kappa shape index (κ3) is 36.1. The largest absolute Gasteiger partial charge is 0.481 e. The van der Waals surface area contributed by atoms with Crippen LogP contribution in [0.5, 0.6) is 0 Å². The number of nitrogens with zero attached hydrogens (tertiary/aromatic N) is 1. The summed E-state index contributed by atoms with van der Waals surface area (Å²) in [6.45, 7) is 1.69. The maximum Gasteiger partial charge on any atom is 0.326 e. The lowest BCUT2D eigenvalue weighted by Gasteiger charge is -2.28. The highest BCUT2D eigenvalue weighted by Gasteiger charge is 2.39. The van der Waals surface area contributed by atoms with E-state index in [1.54, 1.807) is 38.1 Å². The average molecular weight is 1660 g/mol. The van der Waals surface area contributed by atoms with Crippen LogP contribution in [0.4, 0.5) is 0 Å². The van der Waals surface area contributed by atoms with Crippen LogP contribution in [0.25, 0.3) is 10.9 Å². The Kier molecular flexibility index (Phi) is 43.2. The van der Waals surface area contributed by atoms with Gasteiger partial charge in [0.2, 0.25) is 82.7 Å². The number of rotatable bonds is 56. The van der Waals surface area contributed by atoms with Gasteiger partial charge in [-0.1, -0.05) is 38.5 Å². The Labute approximate surface area is 670 Å². The molecule has 0 aliphatic carbocycles. The third-order valence-corrected chi connectivity index (χ3v) is 18.1. The number of aliphatic hydroxyl groups is 1. The molecule has 1 aromatic carbocycles. The van der Waals surface area contributed by atoms with Gasteiger partial charge in [-0.05, 0) is 88.3 Å². The predicted octanol–water partition coefficient (Wildman–Crippen LogP) is -9.96. The van der Waals surface area contributed by atoms with Gasteiger partial charge in [-0.25, -0.2) is 9.78 Å². The molecule has 3 aromatic rings. The van der Waals surface area contributed by atoms with E-state index in [1.807, 2.05) is 0 Å². The van der Waals surface area contributed by atoms with Gasteiger partial charge in [-0.2, -0.15) is 12.6 Å². The second kappa shape index (κ2) is 51.3. The van der Waals surface area contributed by atoms with Crippen molar-refractivity contribution in [3.63, 3.8) is 0 Å². The number of aromatic amines is 2. The predicted molar refractivity (Wildman–Crippen MR) is 419 cm³/mol. The number of fused-ring (bicyclic) bond motifs is 1. The first kappa shape index (κ1) is 97.7. The Balaban J connectivity index is 2.02. The molecule has 37 N–H and O–H groups in total. The van der Waals surface area contributed by atoms with Crippen molar-refractivity contribution in [2.45, 2.75) is 189 Å². The number of aromatic nitrogens is 3. The van der Waals surface area contributed by atoms with Crippen LogP contribution >= 0.6 is 12.6 Å². The van der Waals surface area contributed by atoms with Crippen molar-refractivity contribution in [2.75, 3.05) is 45.1 Å². The van der Waals surface area contributed by atoms with Gasteiger partial charge in [0, 0.05) is 73.6 Å².